The molecule has 0 aliphatic rings. The Bertz CT molecular complexity index is 789. The first kappa shape index (κ1) is 17.7. The predicted molar refractivity (Wildman–Crippen MR) is 89.8 cm³/mol. The van der Waals surface area contributed by atoms with Gasteiger partial charge in [-0.25, -0.2) is 4.98 Å². The topological polar surface area (TPSA) is 90.0 Å². The van der Waals surface area contributed by atoms with E-state index >= 15 is 0 Å². The second-order valence-corrected chi connectivity index (χ2v) is 6.26. The van der Waals surface area contributed by atoms with Crippen LogP contribution in [0.15, 0.2) is 24.3 Å². The van der Waals surface area contributed by atoms with E-state index in [0.29, 0.717) is 26.4 Å². The van der Waals surface area contributed by atoms with Gasteiger partial charge in [0.25, 0.3) is 5.91 Å². The van der Waals surface area contributed by atoms with E-state index in [9.17, 15) is 4.79 Å². The summed E-state index contributed by atoms with van der Waals surface area (Å²) in [5, 5.41) is 18.8. The van der Waals surface area contributed by atoms with Gasteiger partial charge in [-0.05, 0) is 31.2 Å². The number of benzene rings is 1. The van der Waals surface area contributed by atoms with E-state index in [1.165, 1.54) is 16.2 Å². The van der Waals surface area contributed by atoms with E-state index in [1.807, 2.05) is 12.1 Å². The van der Waals surface area contributed by atoms with Crippen molar-refractivity contribution in [2.45, 2.75) is 13.5 Å². The number of aryl methyl sites for hydroxylation is 1. The number of carbonyl (C=O) groups excluding carboxylic acids is 1. The van der Waals surface area contributed by atoms with Crippen LogP contribution in [0.2, 0.25) is 5.02 Å². The third-order valence-corrected chi connectivity index (χ3v) is 4.39. The largest absolute Gasteiger partial charge is 0.486 e. The maximum atomic E-state index is 12.4. The number of ether oxygens (including phenoxy) is 1. The molecule has 2 aromatic rings. The van der Waals surface area contributed by atoms with Gasteiger partial charge in [0, 0.05) is 5.02 Å². The number of hydrogen-bond donors (Lipinski definition) is 0. The number of rotatable bonds is 6. The van der Waals surface area contributed by atoms with Gasteiger partial charge in [-0.15, -0.1) is 11.3 Å². The molecule has 1 amide bonds. The van der Waals surface area contributed by atoms with Crippen molar-refractivity contribution in [1.29, 1.82) is 10.5 Å². The minimum atomic E-state index is -0.370. The van der Waals surface area contributed by atoms with Gasteiger partial charge in [0.1, 0.15) is 35.3 Å². The zero-order valence-electron chi connectivity index (χ0n) is 12.8. The Hall–Kier alpha value is -2.61. The van der Waals surface area contributed by atoms with Gasteiger partial charge in [0.05, 0.1) is 17.8 Å². The van der Waals surface area contributed by atoms with E-state index in [2.05, 4.69) is 4.98 Å². The molecule has 0 bridgehead atoms. The van der Waals surface area contributed by atoms with E-state index in [-0.39, 0.29) is 25.6 Å². The first-order valence-corrected chi connectivity index (χ1v) is 8.12. The third-order valence-electron chi connectivity index (χ3n) is 3.02. The number of thiazole rings is 1. The van der Waals surface area contributed by atoms with Crippen LogP contribution in [-0.2, 0) is 6.61 Å². The maximum Gasteiger partial charge on any atom is 0.267 e. The zero-order valence-corrected chi connectivity index (χ0v) is 14.4. The molecule has 8 heteroatoms. The quantitative estimate of drug-likeness (QED) is 0.738. The highest BCUT2D eigenvalue weighted by Crippen LogP contribution is 2.22. The highest BCUT2D eigenvalue weighted by molar-refractivity contribution is 7.13. The van der Waals surface area contributed by atoms with Gasteiger partial charge in [0.2, 0.25) is 0 Å². The second kappa shape index (κ2) is 8.30. The molecule has 0 N–H and O–H groups in total. The number of carbonyl (C=O) groups is 1. The van der Waals surface area contributed by atoms with Crippen LogP contribution in [-0.4, -0.2) is 28.9 Å². The van der Waals surface area contributed by atoms with Crippen molar-refractivity contribution in [1.82, 2.24) is 9.88 Å². The van der Waals surface area contributed by atoms with Crippen LogP contribution < -0.4 is 4.74 Å². The number of hydrogen-bond acceptors (Lipinski definition) is 6. The lowest BCUT2D eigenvalue weighted by molar-refractivity contribution is 0.0798. The fourth-order valence-electron chi connectivity index (χ4n) is 1.90. The van der Waals surface area contributed by atoms with Crippen molar-refractivity contribution in [3.63, 3.8) is 0 Å². The highest BCUT2D eigenvalue weighted by atomic mass is 35.5. The molecule has 0 aliphatic heterocycles. The molecule has 0 saturated carbocycles. The molecule has 0 unspecified atom stereocenters. The van der Waals surface area contributed by atoms with Crippen LogP contribution in [0.3, 0.4) is 0 Å². The van der Waals surface area contributed by atoms with E-state index in [0.717, 1.165) is 0 Å². The molecule has 0 fully saturated rings. The summed E-state index contributed by atoms with van der Waals surface area (Å²) in [5.41, 5.74) is 0.556. The average molecular weight is 361 g/mol. The Labute approximate surface area is 148 Å². The van der Waals surface area contributed by atoms with Crippen molar-refractivity contribution < 1.29 is 9.53 Å². The molecule has 122 valence electrons. The number of nitrogens with zero attached hydrogens (tertiary/aromatic N) is 4. The summed E-state index contributed by atoms with van der Waals surface area (Å²) < 4.78 is 5.61. The maximum absolute atomic E-state index is 12.4. The summed E-state index contributed by atoms with van der Waals surface area (Å²) in [6.07, 6.45) is 0. The fraction of sp³-hybridized carbons (Fsp3) is 0.250. The molecule has 0 spiro atoms. The minimum absolute atomic E-state index is 0.139. The van der Waals surface area contributed by atoms with Crippen molar-refractivity contribution in [3.8, 4) is 17.9 Å². The molecule has 0 saturated heterocycles. The molecule has 2 rings (SSSR count). The monoisotopic (exact) mass is 360 g/mol. The summed E-state index contributed by atoms with van der Waals surface area (Å²) in [6.45, 7) is 1.66. The normalized spacial score (nSPS) is 9.83. The number of aromatic nitrogens is 1. The lowest BCUT2D eigenvalue weighted by atomic mass is 10.3. The second-order valence-electron chi connectivity index (χ2n) is 4.74. The number of nitriles is 2. The van der Waals surface area contributed by atoms with E-state index in [1.54, 1.807) is 31.2 Å². The van der Waals surface area contributed by atoms with Crippen molar-refractivity contribution in [2.75, 3.05) is 13.1 Å². The Morgan fingerprint density at radius 2 is 1.92 bits per heavy atom. The van der Waals surface area contributed by atoms with Gasteiger partial charge < -0.3 is 9.64 Å². The van der Waals surface area contributed by atoms with Crippen molar-refractivity contribution >= 4 is 28.8 Å². The Balaban J connectivity index is 2.09. The lowest BCUT2D eigenvalue weighted by Gasteiger charge is -2.14. The Morgan fingerprint density at radius 3 is 2.50 bits per heavy atom. The summed E-state index contributed by atoms with van der Waals surface area (Å²) in [7, 11) is 0. The number of halogens is 1. The van der Waals surface area contributed by atoms with Gasteiger partial charge >= 0.3 is 0 Å². The first-order chi connectivity index (χ1) is 11.5. The molecular formula is C16H13ClN4O2S. The molecule has 24 heavy (non-hydrogen) atoms. The van der Waals surface area contributed by atoms with Gasteiger partial charge in [-0.2, -0.15) is 10.5 Å². The Kier molecular flexibility index (Phi) is 6.14. The standard InChI is InChI=1S/C16H13ClN4O2S/c1-11-15(16(22)21(8-6-18)9-7-19)24-14(20-11)10-23-13-4-2-12(17)3-5-13/h2-5H,8-10H2,1H3. The molecule has 0 aliphatic carbocycles. The van der Waals surface area contributed by atoms with Crippen LogP contribution in [0.5, 0.6) is 5.75 Å². The summed E-state index contributed by atoms with van der Waals surface area (Å²) in [6, 6.07) is 10.7. The van der Waals surface area contributed by atoms with Crippen LogP contribution in [0, 0.1) is 29.6 Å². The number of amides is 1. The predicted octanol–water partition coefficient (Wildman–Crippen LogP) is 3.17. The van der Waals surface area contributed by atoms with Crippen LogP contribution in [0.1, 0.15) is 20.4 Å². The first-order valence-electron chi connectivity index (χ1n) is 6.93. The fourth-order valence-corrected chi connectivity index (χ4v) is 2.97. The molecule has 0 radical (unpaired) electrons. The summed E-state index contributed by atoms with van der Waals surface area (Å²) in [5.74, 6) is 0.279. The molecule has 1 aromatic carbocycles. The summed E-state index contributed by atoms with van der Waals surface area (Å²) >= 11 is 7.01. The molecule has 6 nitrogen and oxygen atoms in total. The molecule has 1 aromatic heterocycles. The smallest absolute Gasteiger partial charge is 0.267 e. The summed E-state index contributed by atoms with van der Waals surface area (Å²) in [4.78, 5) is 18.3. The molecular weight excluding hydrogens is 348 g/mol. The van der Waals surface area contributed by atoms with Crippen molar-refractivity contribution in [2.24, 2.45) is 0 Å². The van der Waals surface area contributed by atoms with Crippen LogP contribution >= 0.6 is 22.9 Å². The van der Waals surface area contributed by atoms with Crippen LogP contribution in [0.25, 0.3) is 0 Å². The molecule has 0 atom stereocenters. The zero-order chi connectivity index (χ0) is 17.5. The third kappa shape index (κ3) is 4.45. The van der Waals surface area contributed by atoms with Gasteiger partial charge in [-0.3, -0.25) is 4.79 Å². The Morgan fingerprint density at radius 1 is 1.29 bits per heavy atom. The van der Waals surface area contributed by atoms with Gasteiger partial charge in [0.15, 0.2) is 0 Å². The average Bonchev–Trinajstić information content (AvgIpc) is 2.94. The molecule has 1 heterocycles. The minimum Gasteiger partial charge on any atom is -0.486 e. The van der Waals surface area contributed by atoms with Crippen LogP contribution in [0.4, 0.5) is 0 Å². The SMILES string of the molecule is Cc1nc(COc2ccc(Cl)cc2)sc1C(=O)N(CC#N)CC#N. The van der Waals surface area contributed by atoms with Crippen molar-refractivity contribution in [3.05, 3.63) is 44.9 Å². The highest BCUT2D eigenvalue weighted by Gasteiger charge is 2.21. The van der Waals surface area contributed by atoms with Gasteiger partial charge in [-0.1, -0.05) is 11.6 Å². The van der Waals surface area contributed by atoms with E-state index in [4.69, 9.17) is 26.9 Å². The lowest BCUT2D eigenvalue weighted by Crippen LogP contribution is -2.31. The van der Waals surface area contributed by atoms with E-state index < -0.39 is 0 Å².